The van der Waals surface area contributed by atoms with Gasteiger partial charge in [0, 0.05) is 23.6 Å². The Morgan fingerprint density at radius 2 is 1.41 bits per heavy atom. The Morgan fingerprint density at radius 3 is 2.05 bits per heavy atom. The predicted molar refractivity (Wildman–Crippen MR) is 170 cm³/mol. The lowest BCUT2D eigenvalue weighted by Crippen LogP contribution is -2.30. The molecule has 0 spiro atoms. The minimum atomic E-state index is -2.03. The summed E-state index contributed by atoms with van der Waals surface area (Å²) in [4.78, 5) is 13.6. The van der Waals surface area contributed by atoms with Gasteiger partial charge in [-0.3, -0.25) is 0 Å². The highest BCUT2D eigenvalue weighted by Crippen LogP contribution is 2.46. The maximum Gasteiger partial charge on any atom is 0.342 e. The number of benzene rings is 3. The summed E-state index contributed by atoms with van der Waals surface area (Å²) in [6.07, 6.45) is 7.25. The summed E-state index contributed by atoms with van der Waals surface area (Å²) in [5.74, 6) is 0.207. The van der Waals surface area contributed by atoms with E-state index in [9.17, 15) is 9.90 Å². The summed E-state index contributed by atoms with van der Waals surface area (Å²) in [7, 11) is 6.27. The molecule has 0 saturated carbocycles. The zero-order chi connectivity index (χ0) is 31.7. The van der Waals surface area contributed by atoms with Crippen molar-refractivity contribution in [2.24, 2.45) is 0 Å². The molecule has 3 aromatic carbocycles. The van der Waals surface area contributed by atoms with Crippen LogP contribution in [0.4, 0.5) is 0 Å². The molecule has 0 bridgehead atoms. The van der Waals surface area contributed by atoms with Crippen LogP contribution in [0.3, 0.4) is 0 Å². The molecule has 1 aliphatic rings. The van der Waals surface area contributed by atoms with Crippen LogP contribution in [0.15, 0.2) is 60.2 Å². The summed E-state index contributed by atoms with van der Waals surface area (Å²) in [5.41, 5.74) is 3.13. The van der Waals surface area contributed by atoms with E-state index in [0.29, 0.717) is 52.1 Å². The van der Waals surface area contributed by atoms with Crippen LogP contribution in [0, 0.1) is 6.92 Å². The third kappa shape index (κ3) is 7.30. The number of carbonyl (C=O) groups excluding carboxylic acids is 1. The monoisotopic (exact) mass is 604 g/mol. The molecule has 8 heteroatoms. The van der Waals surface area contributed by atoms with Crippen LogP contribution >= 0.6 is 0 Å². The third-order valence-corrected chi connectivity index (χ3v) is 7.95. The second kappa shape index (κ2) is 15.0. The maximum atomic E-state index is 13.6. The summed E-state index contributed by atoms with van der Waals surface area (Å²) in [6, 6.07) is 16.0. The molecule has 3 aromatic rings. The van der Waals surface area contributed by atoms with Crippen LogP contribution in [0.2, 0.25) is 0 Å². The van der Waals surface area contributed by atoms with Gasteiger partial charge in [0.25, 0.3) is 5.79 Å². The first-order valence-electron chi connectivity index (χ1n) is 15.2. The van der Waals surface area contributed by atoms with Crippen LogP contribution in [0.5, 0.6) is 28.7 Å². The Kier molecular flexibility index (Phi) is 11.2. The third-order valence-electron chi connectivity index (χ3n) is 7.95. The van der Waals surface area contributed by atoms with E-state index in [4.69, 9.17) is 28.4 Å². The first-order chi connectivity index (χ1) is 21.3. The fourth-order valence-corrected chi connectivity index (χ4v) is 5.52. The number of hydrogen-bond donors (Lipinski definition) is 1. The molecule has 1 heterocycles. The zero-order valence-electron chi connectivity index (χ0n) is 26.7. The Balaban J connectivity index is 1.72. The zero-order valence-corrected chi connectivity index (χ0v) is 26.7. The Morgan fingerprint density at radius 1 is 0.750 bits per heavy atom. The molecule has 1 aliphatic heterocycles. The van der Waals surface area contributed by atoms with E-state index in [1.165, 1.54) is 25.7 Å². The molecule has 0 amide bonds. The standard InChI is InChI=1S/C36H44O8/c1-7-8-9-10-11-12-17-43-32-15-13-25(20-33(32)42-6)19-30-34(26-21-28(39-3)23-29(22-26)40-4)35(37)44-36(30,38)27-14-16-31(41-5)24(2)18-27/h13-16,18,20-23,38H,7-12,17,19H2,1-6H3. The Labute approximate surface area is 260 Å². The van der Waals surface area contributed by atoms with E-state index in [2.05, 4.69) is 6.92 Å². The Hall–Kier alpha value is -4.17. The number of esters is 1. The van der Waals surface area contributed by atoms with Crippen molar-refractivity contribution >= 4 is 11.5 Å². The van der Waals surface area contributed by atoms with Crippen LogP contribution < -0.4 is 23.7 Å². The molecule has 0 aromatic heterocycles. The topological polar surface area (TPSA) is 92.7 Å². The quantitative estimate of drug-likeness (QED) is 0.136. The minimum absolute atomic E-state index is 0.191. The molecule has 0 saturated heterocycles. The minimum Gasteiger partial charge on any atom is -0.497 e. The average molecular weight is 605 g/mol. The summed E-state index contributed by atoms with van der Waals surface area (Å²) >= 11 is 0. The van der Waals surface area contributed by atoms with Gasteiger partial charge in [0.15, 0.2) is 11.5 Å². The summed E-state index contributed by atoms with van der Waals surface area (Å²) in [6.45, 7) is 4.69. The number of aryl methyl sites for hydroxylation is 1. The van der Waals surface area contributed by atoms with E-state index in [1.807, 2.05) is 25.1 Å². The maximum absolute atomic E-state index is 13.6. The smallest absolute Gasteiger partial charge is 0.342 e. The Bertz CT molecular complexity index is 1450. The van der Waals surface area contributed by atoms with Gasteiger partial charge in [-0.1, -0.05) is 45.1 Å². The van der Waals surface area contributed by atoms with Crippen molar-refractivity contribution in [1.82, 2.24) is 0 Å². The van der Waals surface area contributed by atoms with Gasteiger partial charge in [-0.15, -0.1) is 0 Å². The number of unbranched alkanes of at least 4 members (excludes halogenated alkanes) is 5. The average Bonchev–Trinajstić information content (AvgIpc) is 3.29. The van der Waals surface area contributed by atoms with Gasteiger partial charge < -0.3 is 33.5 Å². The van der Waals surface area contributed by atoms with Crippen LogP contribution in [-0.4, -0.2) is 46.1 Å². The van der Waals surface area contributed by atoms with Gasteiger partial charge in [0.2, 0.25) is 0 Å². The number of methoxy groups -OCH3 is 4. The van der Waals surface area contributed by atoms with Crippen molar-refractivity contribution in [1.29, 1.82) is 0 Å². The molecule has 236 valence electrons. The molecular formula is C36H44O8. The van der Waals surface area contributed by atoms with Crippen molar-refractivity contribution in [2.45, 2.75) is 64.6 Å². The number of cyclic esters (lactones) is 1. The SMILES string of the molecule is CCCCCCCCOc1ccc(CC2=C(c3cc(OC)cc(OC)c3)C(=O)OC2(O)c2ccc(OC)c(C)c2)cc1OC. The highest BCUT2D eigenvalue weighted by molar-refractivity contribution is 6.20. The molecule has 1 atom stereocenters. The predicted octanol–water partition coefficient (Wildman–Crippen LogP) is 7.17. The van der Waals surface area contributed by atoms with Crippen molar-refractivity contribution < 1.29 is 38.3 Å². The molecule has 1 N–H and O–H groups in total. The lowest BCUT2D eigenvalue weighted by atomic mass is 9.87. The number of hydrogen-bond acceptors (Lipinski definition) is 8. The number of ether oxygens (including phenoxy) is 6. The first-order valence-corrected chi connectivity index (χ1v) is 15.2. The molecular weight excluding hydrogens is 560 g/mol. The number of aliphatic hydroxyl groups is 1. The van der Waals surface area contributed by atoms with E-state index < -0.39 is 11.8 Å². The normalized spacial score (nSPS) is 16.1. The van der Waals surface area contributed by atoms with Crippen molar-refractivity contribution in [3.63, 3.8) is 0 Å². The number of carbonyl (C=O) groups is 1. The van der Waals surface area contributed by atoms with Gasteiger partial charge >= 0.3 is 5.97 Å². The second-order valence-electron chi connectivity index (χ2n) is 11.0. The second-order valence-corrected chi connectivity index (χ2v) is 11.0. The van der Waals surface area contributed by atoms with Crippen molar-refractivity contribution in [3.05, 3.63) is 82.4 Å². The number of rotatable bonds is 16. The van der Waals surface area contributed by atoms with Gasteiger partial charge in [-0.2, -0.15) is 0 Å². The highest BCUT2D eigenvalue weighted by Gasteiger charge is 2.48. The fraction of sp³-hybridized carbons (Fsp3) is 0.417. The fourth-order valence-electron chi connectivity index (χ4n) is 5.52. The van der Waals surface area contributed by atoms with Gasteiger partial charge in [0.05, 0.1) is 40.6 Å². The summed E-state index contributed by atoms with van der Waals surface area (Å²) < 4.78 is 33.9. The lowest BCUT2D eigenvalue weighted by molar-refractivity contribution is -0.185. The van der Waals surface area contributed by atoms with Gasteiger partial charge in [-0.25, -0.2) is 4.79 Å². The molecule has 0 radical (unpaired) electrons. The lowest BCUT2D eigenvalue weighted by Gasteiger charge is -2.26. The largest absolute Gasteiger partial charge is 0.497 e. The van der Waals surface area contributed by atoms with Crippen LogP contribution in [-0.2, 0) is 21.7 Å². The van der Waals surface area contributed by atoms with Crippen molar-refractivity contribution in [3.8, 4) is 28.7 Å². The first kappa shape index (κ1) is 32.7. The van der Waals surface area contributed by atoms with E-state index in [1.54, 1.807) is 64.8 Å². The molecule has 44 heavy (non-hydrogen) atoms. The molecule has 4 rings (SSSR count). The van der Waals surface area contributed by atoms with Gasteiger partial charge in [0.1, 0.15) is 17.2 Å². The molecule has 0 aliphatic carbocycles. The van der Waals surface area contributed by atoms with Crippen LogP contribution in [0.25, 0.3) is 5.57 Å². The van der Waals surface area contributed by atoms with Crippen molar-refractivity contribution in [2.75, 3.05) is 35.0 Å². The van der Waals surface area contributed by atoms with E-state index in [-0.39, 0.29) is 12.0 Å². The van der Waals surface area contributed by atoms with E-state index in [0.717, 1.165) is 24.0 Å². The highest BCUT2D eigenvalue weighted by atomic mass is 16.7. The van der Waals surface area contributed by atoms with E-state index >= 15 is 0 Å². The van der Waals surface area contributed by atoms with Gasteiger partial charge in [-0.05, 0) is 72.5 Å². The molecule has 8 nitrogen and oxygen atoms in total. The molecule has 0 fully saturated rings. The molecule has 1 unspecified atom stereocenters. The van der Waals surface area contributed by atoms with Crippen LogP contribution in [0.1, 0.15) is 67.7 Å². The summed E-state index contributed by atoms with van der Waals surface area (Å²) in [5, 5.41) is 12.2.